The minimum Gasteiger partial charge on any atom is -0.497 e. The third kappa shape index (κ3) is 3.04. The highest BCUT2D eigenvalue weighted by Crippen LogP contribution is 2.42. The van der Waals surface area contributed by atoms with Gasteiger partial charge in [-0.15, -0.1) is 11.3 Å². The smallest absolute Gasteiger partial charge is 0.152 e. The van der Waals surface area contributed by atoms with Gasteiger partial charge in [-0.05, 0) is 31.2 Å². The van der Waals surface area contributed by atoms with Crippen molar-refractivity contribution in [3.63, 3.8) is 0 Å². The van der Waals surface area contributed by atoms with Gasteiger partial charge in [-0.25, -0.2) is 4.98 Å². The van der Waals surface area contributed by atoms with Gasteiger partial charge in [0.25, 0.3) is 0 Å². The van der Waals surface area contributed by atoms with Crippen LogP contribution in [0.2, 0.25) is 0 Å². The van der Waals surface area contributed by atoms with E-state index in [2.05, 4.69) is 23.3 Å². The van der Waals surface area contributed by atoms with Crippen LogP contribution in [0.4, 0.5) is 0 Å². The molecule has 2 heterocycles. The number of nitrogens with zero attached hydrogens (tertiary/aromatic N) is 1. The number of hydrogen-bond donors (Lipinski definition) is 1. The molecular weight excluding hydrogens is 284 g/mol. The van der Waals surface area contributed by atoms with E-state index >= 15 is 0 Å². The van der Waals surface area contributed by atoms with E-state index in [0.29, 0.717) is 0 Å². The molecule has 0 bridgehead atoms. The van der Waals surface area contributed by atoms with Gasteiger partial charge in [0.1, 0.15) is 16.5 Å². The Hall–Kier alpha value is -1.59. The van der Waals surface area contributed by atoms with Gasteiger partial charge in [-0.2, -0.15) is 0 Å². The van der Waals surface area contributed by atoms with Crippen molar-refractivity contribution in [2.24, 2.45) is 0 Å². The van der Waals surface area contributed by atoms with E-state index in [9.17, 15) is 0 Å². The lowest BCUT2D eigenvalue weighted by Gasteiger charge is -2.32. The number of nitrogens with one attached hydrogen (secondary N) is 1. The van der Waals surface area contributed by atoms with Gasteiger partial charge in [0.15, 0.2) is 6.10 Å². The second-order valence-electron chi connectivity index (χ2n) is 5.12. The molecule has 0 amide bonds. The van der Waals surface area contributed by atoms with Gasteiger partial charge in [0, 0.05) is 29.6 Å². The highest BCUT2D eigenvalue weighted by molar-refractivity contribution is 7.09. The molecule has 3 rings (SSSR count). The molecule has 21 heavy (non-hydrogen) atoms. The molecule has 1 N–H and O–H groups in total. The molecule has 1 aromatic carbocycles. The predicted molar refractivity (Wildman–Crippen MR) is 84.1 cm³/mol. The lowest BCUT2D eigenvalue weighted by Crippen LogP contribution is -2.29. The van der Waals surface area contributed by atoms with Crippen molar-refractivity contribution < 1.29 is 9.47 Å². The SMILES string of the molecule is CCCNC1CC(c2nccs2)Oc2ccc(OC)cc21. The summed E-state index contributed by atoms with van der Waals surface area (Å²) in [4.78, 5) is 4.40. The van der Waals surface area contributed by atoms with Crippen molar-refractivity contribution in [2.45, 2.75) is 31.9 Å². The van der Waals surface area contributed by atoms with Gasteiger partial charge in [0.2, 0.25) is 0 Å². The van der Waals surface area contributed by atoms with Crippen LogP contribution in [0, 0.1) is 0 Å². The molecule has 2 unspecified atom stereocenters. The van der Waals surface area contributed by atoms with Crippen molar-refractivity contribution in [3.8, 4) is 11.5 Å². The summed E-state index contributed by atoms with van der Waals surface area (Å²) in [5.74, 6) is 1.80. The quantitative estimate of drug-likeness (QED) is 0.914. The van der Waals surface area contributed by atoms with Crippen LogP contribution in [0.3, 0.4) is 0 Å². The Bertz CT molecular complexity index is 586. The molecule has 0 aliphatic carbocycles. The van der Waals surface area contributed by atoms with Gasteiger partial charge >= 0.3 is 0 Å². The minimum absolute atomic E-state index is 0.0280. The Labute approximate surface area is 129 Å². The highest BCUT2D eigenvalue weighted by Gasteiger charge is 2.30. The zero-order valence-electron chi connectivity index (χ0n) is 12.3. The average Bonchev–Trinajstić information content (AvgIpc) is 3.06. The fourth-order valence-electron chi connectivity index (χ4n) is 2.63. The van der Waals surface area contributed by atoms with E-state index in [-0.39, 0.29) is 12.1 Å². The van der Waals surface area contributed by atoms with E-state index in [0.717, 1.165) is 35.9 Å². The van der Waals surface area contributed by atoms with Gasteiger partial charge in [-0.3, -0.25) is 0 Å². The maximum absolute atomic E-state index is 6.14. The van der Waals surface area contributed by atoms with Crippen molar-refractivity contribution in [3.05, 3.63) is 40.3 Å². The molecule has 1 aliphatic rings. The van der Waals surface area contributed by atoms with Crippen LogP contribution >= 0.6 is 11.3 Å². The number of thiazole rings is 1. The molecule has 2 atom stereocenters. The van der Waals surface area contributed by atoms with Crippen LogP contribution in [0.5, 0.6) is 11.5 Å². The van der Waals surface area contributed by atoms with Crippen LogP contribution in [0.25, 0.3) is 0 Å². The second kappa shape index (κ2) is 6.45. The second-order valence-corrected chi connectivity index (χ2v) is 6.05. The fraction of sp³-hybridized carbons (Fsp3) is 0.438. The van der Waals surface area contributed by atoms with Crippen LogP contribution in [-0.2, 0) is 0 Å². The van der Waals surface area contributed by atoms with Gasteiger partial charge in [0.05, 0.1) is 7.11 Å². The maximum atomic E-state index is 6.14. The molecule has 0 saturated heterocycles. The highest BCUT2D eigenvalue weighted by atomic mass is 32.1. The van der Waals surface area contributed by atoms with Gasteiger partial charge < -0.3 is 14.8 Å². The Morgan fingerprint density at radius 2 is 2.38 bits per heavy atom. The first-order valence-electron chi connectivity index (χ1n) is 7.29. The molecule has 0 spiro atoms. The molecule has 2 aromatic rings. The van der Waals surface area contributed by atoms with Crippen LogP contribution < -0.4 is 14.8 Å². The lowest BCUT2D eigenvalue weighted by atomic mass is 9.96. The maximum Gasteiger partial charge on any atom is 0.152 e. The molecule has 1 aromatic heterocycles. The largest absolute Gasteiger partial charge is 0.497 e. The van der Waals surface area contributed by atoms with E-state index in [1.807, 2.05) is 23.7 Å². The number of aromatic nitrogens is 1. The molecule has 0 saturated carbocycles. The Balaban J connectivity index is 1.90. The summed E-state index contributed by atoms with van der Waals surface area (Å²) in [7, 11) is 1.69. The van der Waals surface area contributed by atoms with Crippen molar-refractivity contribution >= 4 is 11.3 Å². The van der Waals surface area contributed by atoms with Gasteiger partial charge in [-0.1, -0.05) is 6.92 Å². The first kappa shape index (κ1) is 14.4. The van der Waals surface area contributed by atoms with E-state index in [4.69, 9.17) is 9.47 Å². The topological polar surface area (TPSA) is 43.4 Å². The summed E-state index contributed by atoms with van der Waals surface area (Å²) in [6, 6.07) is 6.28. The predicted octanol–water partition coefficient (Wildman–Crippen LogP) is 3.72. The van der Waals surface area contributed by atoms with Crippen LogP contribution in [0.15, 0.2) is 29.8 Å². The number of ether oxygens (including phenoxy) is 2. The zero-order chi connectivity index (χ0) is 14.7. The number of fused-ring (bicyclic) bond motifs is 1. The number of methoxy groups -OCH3 is 1. The first-order valence-corrected chi connectivity index (χ1v) is 8.17. The number of hydrogen-bond acceptors (Lipinski definition) is 5. The minimum atomic E-state index is 0.0280. The fourth-order valence-corrected chi connectivity index (χ4v) is 3.31. The van der Waals surface area contributed by atoms with Crippen molar-refractivity contribution in [2.75, 3.05) is 13.7 Å². The Kier molecular flexibility index (Phi) is 4.41. The monoisotopic (exact) mass is 304 g/mol. The van der Waals surface area contributed by atoms with E-state index < -0.39 is 0 Å². The molecule has 112 valence electrons. The summed E-state index contributed by atoms with van der Waals surface area (Å²) < 4.78 is 11.5. The van der Waals surface area contributed by atoms with Crippen molar-refractivity contribution in [1.29, 1.82) is 0 Å². The van der Waals surface area contributed by atoms with Crippen LogP contribution in [-0.4, -0.2) is 18.6 Å². The molecule has 5 heteroatoms. The zero-order valence-corrected chi connectivity index (χ0v) is 13.2. The summed E-state index contributed by atoms with van der Waals surface area (Å²) >= 11 is 1.65. The summed E-state index contributed by atoms with van der Waals surface area (Å²) in [6.45, 7) is 3.17. The summed E-state index contributed by atoms with van der Waals surface area (Å²) in [5, 5.41) is 6.65. The summed E-state index contributed by atoms with van der Waals surface area (Å²) in [6.07, 6.45) is 3.87. The molecule has 4 nitrogen and oxygen atoms in total. The third-order valence-corrected chi connectivity index (χ3v) is 4.55. The molecular formula is C16H20N2O2S. The standard InChI is InChI=1S/C16H20N2O2S/c1-3-6-17-13-10-15(16-18-7-8-21-16)20-14-5-4-11(19-2)9-12(13)14/h4-5,7-9,13,15,17H,3,6,10H2,1-2H3. The molecule has 0 fully saturated rings. The summed E-state index contributed by atoms with van der Waals surface area (Å²) in [5.41, 5.74) is 1.18. The first-order chi connectivity index (χ1) is 10.3. The van der Waals surface area contributed by atoms with E-state index in [1.165, 1.54) is 5.56 Å². The average molecular weight is 304 g/mol. The van der Waals surface area contributed by atoms with E-state index in [1.54, 1.807) is 18.4 Å². The Morgan fingerprint density at radius 1 is 1.48 bits per heavy atom. The van der Waals surface area contributed by atoms with Crippen molar-refractivity contribution in [1.82, 2.24) is 10.3 Å². The molecule has 0 radical (unpaired) electrons. The third-order valence-electron chi connectivity index (χ3n) is 3.68. The number of benzene rings is 1. The normalized spacial score (nSPS) is 20.7. The molecule has 1 aliphatic heterocycles. The Morgan fingerprint density at radius 3 is 3.10 bits per heavy atom. The lowest BCUT2D eigenvalue weighted by molar-refractivity contribution is 0.151. The number of rotatable bonds is 5. The van der Waals surface area contributed by atoms with Crippen LogP contribution in [0.1, 0.15) is 42.5 Å².